The zero-order valence-electron chi connectivity index (χ0n) is 6.29. The molecule has 1 aliphatic heterocycles. The van der Waals surface area contributed by atoms with E-state index in [0.717, 1.165) is 0 Å². The number of hydrogen-bond acceptors (Lipinski definition) is 3. The molecular weight excluding hydrogens is 132 g/mol. The van der Waals surface area contributed by atoms with Gasteiger partial charge < -0.3 is 9.47 Å². The summed E-state index contributed by atoms with van der Waals surface area (Å²) < 4.78 is 10.1. The van der Waals surface area contributed by atoms with E-state index in [9.17, 15) is 4.79 Å². The molecule has 1 saturated heterocycles. The molecule has 1 aliphatic rings. The summed E-state index contributed by atoms with van der Waals surface area (Å²) in [7, 11) is 0. The fourth-order valence-corrected chi connectivity index (χ4v) is 1.01. The molecule has 58 valence electrons. The number of carbonyl (C=O) groups excluding carboxylic acids is 1. The molecule has 1 heterocycles. The second-order valence-electron chi connectivity index (χ2n) is 2.66. The Morgan fingerprint density at radius 2 is 2.30 bits per heavy atom. The van der Waals surface area contributed by atoms with Gasteiger partial charge in [-0.2, -0.15) is 0 Å². The van der Waals surface area contributed by atoms with Crippen molar-refractivity contribution in [2.24, 2.45) is 5.92 Å². The number of ether oxygens (including phenoxy) is 2. The Balaban J connectivity index is 2.33. The van der Waals surface area contributed by atoms with Gasteiger partial charge >= 0.3 is 5.97 Å². The van der Waals surface area contributed by atoms with E-state index >= 15 is 0 Å². The third-order valence-electron chi connectivity index (χ3n) is 1.61. The van der Waals surface area contributed by atoms with E-state index in [0.29, 0.717) is 19.1 Å². The van der Waals surface area contributed by atoms with Crippen molar-refractivity contribution < 1.29 is 14.3 Å². The summed E-state index contributed by atoms with van der Waals surface area (Å²) in [6.07, 6.45) is -0.0162. The maximum atomic E-state index is 10.5. The topological polar surface area (TPSA) is 35.5 Å². The molecule has 0 radical (unpaired) electrons. The molecule has 2 atom stereocenters. The average Bonchev–Trinajstić information content (AvgIpc) is 2.15. The SMILES string of the molecule is CC(=O)O[C@@H]1COCC1C. The van der Waals surface area contributed by atoms with E-state index in [2.05, 4.69) is 0 Å². The molecule has 0 amide bonds. The minimum atomic E-state index is -0.220. The van der Waals surface area contributed by atoms with Crippen molar-refractivity contribution in [3.63, 3.8) is 0 Å². The Morgan fingerprint density at radius 3 is 2.70 bits per heavy atom. The van der Waals surface area contributed by atoms with Crippen LogP contribution in [0, 0.1) is 5.92 Å². The summed E-state index contributed by atoms with van der Waals surface area (Å²) in [4.78, 5) is 10.5. The highest BCUT2D eigenvalue weighted by Gasteiger charge is 2.26. The summed E-state index contributed by atoms with van der Waals surface area (Å²) in [5, 5.41) is 0. The van der Waals surface area contributed by atoms with Gasteiger partial charge in [0.1, 0.15) is 6.10 Å². The molecule has 0 N–H and O–H groups in total. The molecule has 3 heteroatoms. The Labute approximate surface area is 60.3 Å². The molecule has 0 aromatic carbocycles. The summed E-state index contributed by atoms with van der Waals surface area (Å²) in [5.74, 6) is 0.131. The van der Waals surface area contributed by atoms with Crippen LogP contribution in [-0.4, -0.2) is 25.3 Å². The Hall–Kier alpha value is -0.570. The molecule has 0 spiro atoms. The van der Waals surface area contributed by atoms with Gasteiger partial charge in [0.15, 0.2) is 0 Å². The maximum Gasteiger partial charge on any atom is 0.302 e. The van der Waals surface area contributed by atoms with Crippen LogP contribution in [0.1, 0.15) is 13.8 Å². The fraction of sp³-hybridized carbons (Fsp3) is 0.857. The van der Waals surface area contributed by atoms with Crippen molar-refractivity contribution in [3.8, 4) is 0 Å². The monoisotopic (exact) mass is 144 g/mol. The van der Waals surface area contributed by atoms with Gasteiger partial charge in [0.2, 0.25) is 0 Å². The van der Waals surface area contributed by atoms with Crippen LogP contribution < -0.4 is 0 Å². The van der Waals surface area contributed by atoms with E-state index in [1.807, 2.05) is 6.92 Å². The molecule has 0 bridgehead atoms. The third kappa shape index (κ3) is 1.70. The van der Waals surface area contributed by atoms with Gasteiger partial charge in [0.25, 0.3) is 0 Å². The predicted octanol–water partition coefficient (Wildman–Crippen LogP) is 0.584. The smallest absolute Gasteiger partial charge is 0.302 e. The highest BCUT2D eigenvalue weighted by atomic mass is 16.6. The first-order valence-electron chi connectivity index (χ1n) is 3.45. The van der Waals surface area contributed by atoms with Crippen LogP contribution >= 0.6 is 0 Å². The van der Waals surface area contributed by atoms with Crippen molar-refractivity contribution >= 4 is 5.97 Å². The zero-order chi connectivity index (χ0) is 7.56. The summed E-state index contributed by atoms with van der Waals surface area (Å²) in [5.41, 5.74) is 0. The molecular formula is C7H12O3. The predicted molar refractivity (Wildman–Crippen MR) is 35.5 cm³/mol. The Bertz CT molecular complexity index is 133. The second kappa shape index (κ2) is 3.01. The maximum absolute atomic E-state index is 10.5. The summed E-state index contributed by atoms with van der Waals surface area (Å²) in [6.45, 7) is 4.70. The van der Waals surface area contributed by atoms with E-state index in [1.165, 1.54) is 6.92 Å². The van der Waals surface area contributed by atoms with E-state index in [4.69, 9.17) is 9.47 Å². The number of esters is 1. The van der Waals surface area contributed by atoms with Crippen LogP contribution in [0.5, 0.6) is 0 Å². The first-order chi connectivity index (χ1) is 4.70. The van der Waals surface area contributed by atoms with Crippen LogP contribution in [0.2, 0.25) is 0 Å². The van der Waals surface area contributed by atoms with Gasteiger partial charge in [0.05, 0.1) is 13.2 Å². The summed E-state index contributed by atoms with van der Waals surface area (Å²) in [6, 6.07) is 0. The molecule has 1 rings (SSSR count). The molecule has 0 aliphatic carbocycles. The van der Waals surface area contributed by atoms with Crippen LogP contribution in [0.3, 0.4) is 0 Å². The van der Waals surface area contributed by atoms with Crippen molar-refractivity contribution in [1.82, 2.24) is 0 Å². The lowest BCUT2D eigenvalue weighted by Crippen LogP contribution is -2.22. The lowest BCUT2D eigenvalue weighted by Gasteiger charge is -2.11. The lowest BCUT2D eigenvalue weighted by molar-refractivity contribution is -0.147. The second-order valence-corrected chi connectivity index (χ2v) is 2.66. The highest BCUT2D eigenvalue weighted by molar-refractivity contribution is 5.66. The van der Waals surface area contributed by atoms with Crippen molar-refractivity contribution in [3.05, 3.63) is 0 Å². The van der Waals surface area contributed by atoms with Gasteiger partial charge in [0, 0.05) is 12.8 Å². The van der Waals surface area contributed by atoms with Crippen LogP contribution in [0.25, 0.3) is 0 Å². The Kier molecular flexibility index (Phi) is 2.27. The van der Waals surface area contributed by atoms with Crippen LogP contribution in [-0.2, 0) is 14.3 Å². The standard InChI is InChI=1S/C7H12O3/c1-5-3-9-4-7(5)10-6(2)8/h5,7H,3-4H2,1-2H3/t5?,7-/m1/s1. The van der Waals surface area contributed by atoms with E-state index < -0.39 is 0 Å². The molecule has 1 unspecified atom stereocenters. The average molecular weight is 144 g/mol. The molecule has 3 nitrogen and oxygen atoms in total. The quantitative estimate of drug-likeness (QED) is 0.505. The third-order valence-corrected chi connectivity index (χ3v) is 1.61. The minimum absolute atomic E-state index is 0.0162. The van der Waals surface area contributed by atoms with Gasteiger partial charge in [-0.3, -0.25) is 4.79 Å². The number of rotatable bonds is 1. The molecule has 0 saturated carbocycles. The first kappa shape index (κ1) is 7.54. The van der Waals surface area contributed by atoms with Crippen LogP contribution in [0.4, 0.5) is 0 Å². The normalized spacial score (nSPS) is 32.2. The van der Waals surface area contributed by atoms with Gasteiger partial charge in [-0.1, -0.05) is 6.92 Å². The summed E-state index contributed by atoms with van der Waals surface area (Å²) >= 11 is 0. The minimum Gasteiger partial charge on any atom is -0.460 e. The van der Waals surface area contributed by atoms with Gasteiger partial charge in [-0.05, 0) is 0 Å². The fourth-order valence-electron chi connectivity index (χ4n) is 1.01. The lowest BCUT2D eigenvalue weighted by atomic mass is 10.1. The van der Waals surface area contributed by atoms with Crippen molar-refractivity contribution in [1.29, 1.82) is 0 Å². The molecule has 0 aromatic rings. The van der Waals surface area contributed by atoms with Gasteiger partial charge in [-0.15, -0.1) is 0 Å². The first-order valence-corrected chi connectivity index (χ1v) is 3.45. The number of hydrogen-bond donors (Lipinski definition) is 0. The van der Waals surface area contributed by atoms with Gasteiger partial charge in [-0.25, -0.2) is 0 Å². The largest absolute Gasteiger partial charge is 0.460 e. The zero-order valence-corrected chi connectivity index (χ0v) is 6.29. The van der Waals surface area contributed by atoms with Crippen molar-refractivity contribution in [2.45, 2.75) is 20.0 Å². The number of carbonyl (C=O) groups is 1. The molecule has 0 aromatic heterocycles. The highest BCUT2D eigenvalue weighted by Crippen LogP contribution is 2.15. The van der Waals surface area contributed by atoms with Crippen molar-refractivity contribution in [2.75, 3.05) is 13.2 Å². The van der Waals surface area contributed by atoms with Crippen LogP contribution in [0.15, 0.2) is 0 Å². The molecule has 10 heavy (non-hydrogen) atoms. The van der Waals surface area contributed by atoms with E-state index in [1.54, 1.807) is 0 Å². The Morgan fingerprint density at radius 1 is 1.60 bits per heavy atom. The molecule has 1 fully saturated rings. The van der Waals surface area contributed by atoms with E-state index in [-0.39, 0.29) is 12.1 Å².